The summed E-state index contributed by atoms with van der Waals surface area (Å²) in [5, 5.41) is 0. The molecule has 3 heteroatoms. The summed E-state index contributed by atoms with van der Waals surface area (Å²) in [7, 11) is 0. The molecule has 3 aromatic rings. The van der Waals surface area contributed by atoms with Gasteiger partial charge in [0.1, 0.15) is 5.82 Å². The van der Waals surface area contributed by atoms with E-state index in [1.807, 2.05) is 6.07 Å². The number of hydrogen-bond donors (Lipinski definition) is 1. The third-order valence-electron chi connectivity index (χ3n) is 5.40. The highest BCUT2D eigenvalue weighted by molar-refractivity contribution is 5.74. The first-order chi connectivity index (χ1) is 12.4. The highest BCUT2D eigenvalue weighted by Crippen LogP contribution is 2.22. The van der Waals surface area contributed by atoms with Crippen LogP contribution >= 0.6 is 0 Å². The Labute approximate surface area is 150 Å². The van der Waals surface area contributed by atoms with Crippen molar-refractivity contribution in [1.29, 1.82) is 0 Å². The fourth-order valence-electron chi connectivity index (χ4n) is 3.96. The molecule has 1 aliphatic heterocycles. The molecule has 25 heavy (non-hydrogen) atoms. The van der Waals surface area contributed by atoms with E-state index in [0.29, 0.717) is 0 Å². The van der Waals surface area contributed by atoms with Crippen molar-refractivity contribution < 1.29 is 0 Å². The Bertz CT molecular complexity index is 752. The molecule has 0 radical (unpaired) electrons. The van der Waals surface area contributed by atoms with Crippen LogP contribution < -0.4 is 0 Å². The number of H-pyrrole nitrogens is 1. The Kier molecular flexibility index (Phi) is 5.12. The van der Waals surface area contributed by atoms with Gasteiger partial charge in [0.15, 0.2) is 0 Å². The van der Waals surface area contributed by atoms with Crippen molar-refractivity contribution in [2.24, 2.45) is 5.92 Å². The summed E-state index contributed by atoms with van der Waals surface area (Å²) < 4.78 is 0. The Morgan fingerprint density at radius 3 is 2.52 bits per heavy atom. The van der Waals surface area contributed by atoms with Gasteiger partial charge in [-0.25, -0.2) is 4.98 Å². The summed E-state index contributed by atoms with van der Waals surface area (Å²) in [6, 6.07) is 19.2. The van der Waals surface area contributed by atoms with Gasteiger partial charge in [0, 0.05) is 6.42 Å². The molecule has 0 unspecified atom stereocenters. The first-order valence-corrected chi connectivity index (χ1v) is 9.57. The van der Waals surface area contributed by atoms with Crippen LogP contribution in [0.3, 0.4) is 0 Å². The van der Waals surface area contributed by atoms with Crippen molar-refractivity contribution >= 4 is 11.0 Å². The summed E-state index contributed by atoms with van der Waals surface area (Å²) in [5.41, 5.74) is 3.73. The van der Waals surface area contributed by atoms with Gasteiger partial charge in [-0.3, -0.25) is 0 Å². The van der Waals surface area contributed by atoms with E-state index in [1.165, 1.54) is 50.9 Å². The zero-order chi connectivity index (χ0) is 16.9. The summed E-state index contributed by atoms with van der Waals surface area (Å²) in [4.78, 5) is 10.7. The number of fused-ring (bicyclic) bond motifs is 1. The number of nitrogens with zero attached hydrogens (tertiary/aromatic N) is 2. The molecular weight excluding hydrogens is 306 g/mol. The van der Waals surface area contributed by atoms with Crippen LogP contribution in [0.1, 0.15) is 30.7 Å². The van der Waals surface area contributed by atoms with E-state index in [2.05, 4.69) is 63.4 Å². The van der Waals surface area contributed by atoms with Crippen LogP contribution in [0, 0.1) is 5.92 Å². The number of piperidine rings is 1. The van der Waals surface area contributed by atoms with Crippen molar-refractivity contribution in [2.45, 2.75) is 32.1 Å². The molecule has 0 amide bonds. The molecule has 4 rings (SSSR count). The summed E-state index contributed by atoms with van der Waals surface area (Å²) in [6.07, 6.45) is 6.13. The molecular formula is C22H27N3. The largest absolute Gasteiger partial charge is 0.342 e. The Morgan fingerprint density at radius 2 is 1.72 bits per heavy atom. The average Bonchev–Trinajstić information content (AvgIpc) is 3.07. The predicted octanol–water partition coefficient (Wildman–Crippen LogP) is 4.45. The predicted molar refractivity (Wildman–Crippen MR) is 104 cm³/mol. The molecule has 1 aliphatic rings. The average molecular weight is 333 g/mol. The number of aryl methyl sites for hydroxylation is 1. The highest BCUT2D eigenvalue weighted by atomic mass is 15.1. The number of benzene rings is 2. The molecule has 2 aromatic carbocycles. The van der Waals surface area contributed by atoms with Gasteiger partial charge in [0.25, 0.3) is 0 Å². The van der Waals surface area contributed by atoms with E-state index < -0.39 is 0 Å². The van der Waals surface area contributed by atoms with Gasteiger partial charge in [0.05, 0.1) is 11.0 Å². The number of hydrogen-bond acceptors (Lipinski definition) is 2. The number of likely N-dealkylation sites (tertiary alicyclic amines) is 1. The van der Waals surface area contributed by atoms with E-state index in [0.717, 1.165) is 29.2 Å². The second kappa shape index (κ2) is 7.83. The summed E-state index contributed by atoms with van der Waals surface area (Å²) in [5.74, 6) is 1.98. The molecule has 130 valence electrons. The molecule has 1 N–H and O–H groups in total. The molecule has 1 fully saturated rings. The minimum atomic E-state index is 0.856. The number of nitrogens with one attached hydrogen (secondary N) is 1. The lowest BCUT2D eigenvalue weighted by Gasteiger charge is -2.32. The monoisotopic (exact) mass is 333 g/mol. The van der Waals surface area contributed by atoms with Gasteiger partial charge in [-0.15, -0.1) is 0 Å². The summed E-state index contributed by atoms with van der Waals surface area (Å²) in [6.45, 7) is 3.68. The smallest absolute Gasteiger partial charge is 0.107 e. The Hall–Kier alpha value is -2.13. The maximum absolute atomic E-state index is 4.68. The zero-order valence-corrected chi connectivity index (χ0v) is 14.8. The van der Waals surface area contributed by atoms with Gasteiger partial charge >= 0.3 is 0 Å². The first-order valence-electron chi connectivity index (χ1n) is 9.57. The number of aromatic nitrogens is 2. The number of imidazole rings is 1. The van der Waals surface area contributed by atoms with Crippen molar-refractivity contribution in [3.05, 3.63) is 66.0 Å². The summed E-state index contributed by atoms with van der Waals surface area (Å²) >= 11 is 0. The maximum atomic E-state index is 4.68. The fourth-order valence-corrected chi connectivity index (χ4v) is 3.96. The fraction of sp³-hybridized carbons (Fsp3) is 0.409. The molecule has 1 saturated heterocycles. The van der Waals surface area contributed by atoms with Crippen LogP contribution in [0.4, 0.5) is 0 Å². The number of rotatable bonds is 6. The van der Waals surface area contributed by atoms with Crippen LogP contribution in [-0.2, 0) is 12.8 Å². The third-order valence-corrected chi connectivity index (χ3v) is 5.40. The molecule has 0 spiro atoms. The van der Waals surface area contributed by atoms with Gasteiger partial charge < -0.3 is 9.88 Å². The maximum Gasteiger partial charge on any atom is 0.107 e. The van der Waals surface area contributed by atoms with Crippen LogP contribution in [0.15, 0.2) is 54.6 Å². The van der Waals surface area contributed by atoms with Gasteiger partial charge in [-0.05, 0) is 68.9 Å². The number of aromatic amines is 1. The van der Waals surface area contributed by atoms with Crippen molar-refractivity contribution in [1.82, 2.24) is 14.9 Å². The lowest BCUT2D eigenvalue weighted by Crippen LogP contribution is -2.35. The lowest BCUT2D eigenvalue weighted by molar-refractivity contribution is 0.182. The topological polar surface area (TPSA) is 31.9 Å². The minimum absolute atomic E-state index is 0.856. The molecule has 0 aliphatic carbocycles. The number of para-hydroxylation sites is 2. The van der Waals surface area contributed by atoms with Gasteiger partial charge in [0.2, 0.25) is 0 Å². The molecule has 0 saturated carbocycles. The zero-order valence-electron chi connectivity index (χ0n) is 14.8. The molecule has 1 aromatic heterocycles. The van der Waals surface area contributed by atoms with Gasteiger partial charge in [-0.1, -0.05) is 42.5 Å². The van der Waals surface area contributed by atoms with Crippen molar-refractivity contribution in [3.63, 3.8) is 0 Å². The standard InChI is InChI=1S/C22H27N3/c1-2-7-18(8-3-1)17-19-12-15-25(16-13-19)14-6-11-22-23-20-9-4-5-10-21(20)24-22/h1-5,7-10,19H,6,11-17H2,(H,23,24). The molecule has 3 nitrogen and oxygen atoms in total. The van der Waals surface area contributed by atoms with Crippen LogP contribution in [0.5, 0.6) is 0 Å². The third kappa shape index (κ3) is 4.29. The van der Waals surface area contributed by atoms with Crippen LogP contribution in [0.25, 0.3) is 11.0 Å². The normalized spacial score (nSPS) is 16.5. The molecule has 2 heterocycles. The van der Waals surface area contributed by atoms with E-state index in [4.69, 9.17) is 0 Å². The highest BCUT2D eigenvalue weighted by Gasteiger charge is 2.19. The SMILES string of the molecule is c1ccc(CC2CCN(CCCc3nc4ccccc4[nH]3)CC2)cc1. The lowest BCUT2D eigenvalue weighted by atomic mass is 9.90. The quantitative estimate of drug-likeness (QED) is 0.723. The van der Waals surface area contributed by atoms with E-state index in [1.54, 1.807) is 0 Å². The van der Waals surface area contributed by atoms with Crippen LogP contribution in [-0.4, -0.2) is 34.5 Å². The van der Waals surface area contributed by atoms with Gasteiger partial charge in [-0.2, -0.15) is 0 Å². The Balaban J connectivity index is 1.20. The minimum Gasteiger partial charge on any atom is -0.342 e. The second-order valence-corrected chi connectivity index (χ2v) is 7.28. The van der Waals surface area contributed by atoms with Crippen molar-refractivity contribution in [3.8, 4) is 0 Å². The molecule has 0 bridgehead atoms. The van der Waals surface area contributed by atoms with E-state index in [9.17, 15) is 0 Å². The van der Waals surface area contributed by atoms with E-state index >= 15 is 0 Å². The first kappa shape index (κ1) is 16.3. The Morgan fingerprint density at radius 1 is 0.960 bits per heavy atom. The van der Waals surface area contributed by atoms with E-state index in [-0.39, 0.29) is 0 Å². The van der Waals surface area contributed by atoms with Crippen molar-refractivity contribution in [2.75, 3.05) is 19.6 Å². The van der Waals surface area contributed by atoms with Crippen LogP contribution in [0.2, 0.25) is 0 Å². The second-order valence-electron chi connectivity index (χ2n) is 7.28. The molecule has 0 atom stereocenters.